The first-order valence-electron chi connectivity index (χ1n) is 7.28. The summed E-state index contributed by atoms with van der Waals surface area (Å²) in [6, 6.07) is 15.3. The fraction of sp³-hybridized carbons (Fsp3) is 0.333. The number of hydrogen-bond acceptors (Lipinski definition) is 1. The van der Waals surface area contributed by atoms with Gasteiger partial charge in [-0.15, -0.1) is 0 Å². The topological polar surface area (TPSA) is 3.24 Å². The first-order chi connectivity index (χ1) is 10.1. The van der Waals surface area contributed by atoms with Crippen molar-refractivity contribution in [1.29, 1.82) is 0 Å². The normalized spacial score (nSPS) is 21.4. The maximum atomic E-state index is 6.20. The molecule has 0 aromatic heterocycles. The number of benzene rings is 2. The summed E-state index contributed by atoms with van der Waals surface area (Å²) in [6.07, 6.45) is 2.30. The van der Waals surface area contributed by atoms with Crippen LogP contribution in [0.25, 0.3) is 0 Å². The van der Waals surface area contributed by atoms with Crippen molar-refractivity contribution in [1.82, 2.24) is 4.90 Å². The molecule has 1 aliphatic carbocycles. The van der Waals surface area contributed by atoms with E-state index in [4.69, 9.17) is 23.2 Å². The number of hydrogen-bond donors (Lipinski definition) is 0. The van der Waals surface area contributed by atoms with Crippen LogP contribution in [-0.4, -0.2) is 19.0 Å². The number of nitrogens with zero attached hydrogens (tertiary/aromatic N) is 1. The second-order valence-electron chi connectivity index (χ2n) is 5.91. The van der Waals surface area contributed by atoms with Crippen LogP contribution in [0.2, 0.25) is 10.0 Å². The zero-order valence-corrected chi connectivity index (χ0v) is 13.8. The van der Waals surface area contributed by atoms with Crippen LogP contribution in [0.5, 0.6) is 0 Å². The van der Waals surface area contributed by atoms with Crippen molar-refractivity contribution in [3.05, 3.63) is 69.2 Å². The molecule has 0 bridgehead atoms. The average molecular weight is 320 g/mol. The first-order valence-corrected chi connectivity index (χ1v) is 8.03. The van der Waals surface area contributed by atoms with E-state index in [9.17, 15) is 0 Å². The summed E-state index contributed by atoms with van der Waals surface area (Å²) < 4.78 is 0. The predicted octanol–water partition coefficient (Wildman–Crippen LogP) is 5.52. The SMILES string of the molecule is CN(C)[C@@H]1CC[C@@H](c2ccc(Cl)c(Cl)c2)c2ccccc21. The van der Waals surface area contributed by atoms with Gasteiger partial charge in [-0.3, -0.25) is 0 Å². The molecule has 1 nitrogen and oxygen atoms in total. The summed E-state index contributed by atoms with van der Waals surface area (Å²) in [5.41, 5.74) is 4.11. The molecular weight excluding hydrogens is 301 g/mol. The van der Waals surface area contributed by atoms with Crippen molar-refractivity contribution < 1.29 is 0 Å². The molecule has 0 saturated heterocycles. The Morgan fingerprint density at radius 1 is 0.905 bits per heavy atom. The van der Waals surface area contributed by atoms with Crippen LogP contribution in [0.4, 0.5) is 0 Å². The molecule has 0 N–H and O–H groups in total. The standard InChI is InChI=1S/C18H19Cl2N/c1-21(2)18-10-8-13(14-5-3-4-6-15(14)18)12-7-9-16(19)17(20)11-12/h3-7,9,11,13,18H,8,10H2,1-2H3/t13-,18+/m0/s1. The Balaban J connectivity index is 2.05. The van der Waals surface area contributed by atoms with Crippen LogP contribution in [0.3, 0.4) is 0 Å². The molecule has 0 aliphatic heterocycles. The van der Waals surface area contributed by atoms with E-state index in [1.54, 1.807) is 0 Å². The highest BCUT2D eigenvalue weighted by atomic mass is 35.5. The molecule has 21 heavy (non-hydrogen) atoms. The summed E-state index contributed by atoms with van der Waals surface area (Å²) in [6.45, 7) is 0. The largest absolute Gasteiger partial charge is 0.302 e. The Morgan fingerprint density at radius 2 is 1.62 bits per heavy atom. The van der Waals surface area contributed by atoms with E-state index in [0.717, 1.165) is 12.8 Å². The van der Waals surface area contributed by atoms with Crippen LogP contribution in [0, 0.1) is 0 Å². The van der Waals surface area contributed by atoms with Crippen LogP contribution < -0.4 is 0 Å². The van der Waals surface area contributed by atoms with Gasteiger partial charge in [0.05, 0.1) is 10.0 Å². The molecule has 0 amide bonds. The van der Waals surface area contributed by atoms with Gasteiger partial charge in [0.1, 0.15) is 0 Å². The molecule has 0 unspecified atom stereocenters. The van der Waals surface area contributed by atoms with Crippen LogP contribution in [0.1, 0.15) is 41.5 Å². The summed E-state index contributed by atoms with van der Waals surface area (Å²) in [5, 5.41) is 1.26. The molecule has 3 rings (SSSR count). The highest BCUT2D eigenvalue weighted by molar-refractivity contribution is 6.42. The van der Waals surface area contributed by atoms with E-state index < -0.39 is 0 Å². The van der Waals surface area contributed by atoms with E-state index >= 15 is 0 Å². The molecule has 0 radical (unpaired) electrons. The fourth-order valence-corrected chi connectivity index (χ4v) is 3.69. The lowest BCUT2D eigenvalue weighted by atomic mass is 9.76. The quantitative estimate of drug-likeness (QED) is 0.704. The average Bonchev–Trinajstić information content (AvgIpc) is 2.49. The van der Waals surface area contributed by atoms with E-state index in [2.05, 4.69) is 49.3 Å². The highest BCUT2D eigenvalue weighted by Gasteiger charge is 2.29. The highest BCUT2D eigenvalue weighted by Crippen LogP contribution is 2.43. The van der Waals surface area contributed by atoms with Gasteiger partial charge in [-0.2, -0.15) is 0 Å². The van der Waals surface area contributed by atoms with Crippen molar-refractivity contribution in [2.24, 2.45) is 0 Å². The van der Waals surface area contributed by atoms with Gasteiger partial charge in [-0.1, -0.05) is 53.5 Å². The summed E-state index contributed by atoms with van der Waals surface area (Å²) >= 11 is 12.2. The van der Waals surface area contributed by atoms with Crippen molar-refractivity contribution in [2.45, 2.75) is 24.8 Å². The fourth-order valence-electron chi connectivity index (χ4n) is 3.38. The Hall–Kier alpha value is -1.02. The molecule has 2 atom stereocenters. The third kappa shape index (κ3) is 2.83. The van der Waals surface area contributed by atoms with Gasteiger partial charge in [0.2, 0.25) is 0 Å². The van der Waals surface area contributed by atoms with Gasteiger partial charge in [0.15, 0.2) is 0 Å². The maximum Gasteiger partial charge on any atom is 0.0595 e. The minimum absolute atomic E-state index is 0.409. The zero-order valence-electron chi connectivity index (χ0n) is 12.3. The molecule has 0 saturated carbocycles. The molecule has 0 spiro atoms. The molecule has 0 fully saturated rings. The van der Waals surface area contributed by atoms with Crippen molar-refractivity contribution in [3.8, 4) is 0 Å². The van der Waals surface area contributed by atoms with Gasteiger partial charge in [0.25, 0.3) is 0 Å². The van der Waals surface area contributed by atoms with Crippen molar-refractivity contribution in [2.75, 3.05) is 14.1 Å². The van der Waals surface area contributed by atoms with E-state index in [0.29, 0.717) is 22.0 Å². The molecule has 1 aliphatic rings. The molecule has 2 aromatic carbocycles. The monoisotopic (exact) mass is 319 g/mol. The summed E-state index contributed by atoms with van der Waals surface area (Å²) in [7, 11) is 4.31. The van der Waals surface area contributed by atoms with Gasteiger partial charge in [0, 0.05) is 12.0 Å². The van der Waals surface area contributed by atoms with Crippen LogP contribution >= 0.6 is 23.2 Å². The smallest absolute Gasteiger partial charge is 0.0595 e. The van der Waals surface area contributed by atoms with Gasteiger partial charge < -0.3 is 4.90 Å². The van der Waals surface area contributed by atoms with Gasteiger partial charge >= 0.3 is 0 Å². The molecule has 3 heteroatoms. The number of halogens is 2. The lowest BCUT2D eigenvalue weighted by Crippen LogP contribution is -2.26. The van der Waals surface area contributed by atoms with Crippen LogP contribution in [-0.2, 0) is 0 Å². The minimum atomic E-state index is 0.409. The Kier molecular flexibility index (Phi) is 4.26. The Bertz CT molecular complexity index is 651. The molecule has 110 valence electrons. The van der Waals surface area contributed by atoms with Crippen molar-refractivity contribution >= 4 is 23.2 Å². The van der Waals surface area contributed by atoms with Gasteiger partial charge in [-0.25, -0.2) is 0 Å². The third-order valence-electron chi connectivity index (χ3n) is 4.43. The minimum Gasteiger partial charge on any atom is -0.302 e. The molecular formula is C18H19Cl2N. The predicted molar refractivity (Wildman–Crippen MR) is 90.4 cm³/mol. The lowest BCUT2D eigenvalue weighted by molar-refractivity contribution is 0.263. The lowest BCUT2D eigenvalue weighted by Gasteiger charge is -2.35. The second-order valence-corrected chi connectivity index (χ2v) is 6.73. The summed E-state index contributed by atoms with van der Waals surface area (Å²) in [4.78, 5) is 2.31. The second kappa shape index (κ2) is 6.00. The molecule has 0 heterocycles. The van der Waals surface area contributed by atoms with Gasteiger partial charge in [-0.05, 0) is 55.8 Å². The van der Waals surface area contributed by atoms with E-state index in [1.165, 1.54) is 16.7 Å². The van der Waals surface area contributed by atoms with E-state index in [1.807, 2.05) is 12.1 Å². The summed E-state index contributed by atoms with van der Waals surface area (Å²) in [5.74, 6) is 0.409. The maximum absolute atomic E-state index is 6.20. The zero-order chi connectivity index (χ0) is 15.0. The molecule has 2 aromatic rings. The number of rotatable bonds is 2. The van der Waals surface area contributed by atoms with Crippen LogP contribution in [0.15, 0.2) is 42.5 Å². The van der Waals surface area contributed by atoms with E-state index in [-0.39, 0.29) is 0 Å². The first kappa shape index (κ1) is 14.9. The Labute approximate surface area is 136 Å². The third-order valence-corrected chi connectivity index (χ3v) is 5.17. The Morgan fingerprint density at radius 3 is 2.29 bits per heavy atom. The van der Waals surface area contributed by atoms with Crippen molar-refractivity contribution in [3.63, 3.8) is 0 Å². The number of fused-ring (bicyclic) bond motifs is 1.